The predicted molar refractivity (Wildman–Crippen MR) is 98.7 cm³/mol. The van der Waals surface area contributed by atoms with Crippen LogP contribution in [0.4, 0.5) is 10.5 Å². The molecule has 2 fully saturated rings. The van der Waals surface area contributed by atoms with Gasteiger partial charge in [0, 0.05) is 35.5 Å². The van der Waals surface area contributed by atoms with E-state index in [0.717, 1.165) is 24.4 Å². The fraction of sp³-hybridized carbons (Fsp3) is 0.632. The zero-order valence-electron chi connectivity index (χ0n) is 14.6. The first-order valence-corrected chi connectivity index (χ1v) is 9.57. The largest absolute Gasteiger partial charge is 0.335 e. The van der Waals surface area contributed by atoms with Gasteiger partial charge < -0.3 is 15.5 Å². The third-order valence-electron chi connectivity index (χ3n) is 5.37. The topological polar surface area (TPSA) is 45.6 Å². The molecule has 2 saturated heterocycles. The highest BCUT2D eigenvalue weighted by atomic mass is 35.5. The molecular formula is C19H29ClN3O+. The van der Waals surface area contributed by atoms with Gasteiger partial charge in [-0.25, -0.2) is 4.79 Å². The number of rotatable bonds is 4. The minimum Gasteiger partial charge on any atom is -0.335 e. The Balaban J connectivity index is 1.55. The standard InChI is InChI=1S/C19H28ClN3O/c1-13(2)12-23-17-4-3-5-18(23)11-16(10-17)22-19(24)21-15-8-6-14(20)7-9-15/h6-9,13,16-18H,3-5,10-12H2,1-2H3,(H2,21,22,24)/p+1/t16?,17-,18+. The van der Waals surface area contributed by atoms with Crippen LogP contribution < -0.4 is 15.5 Å². The number of amides is 2. The van der Waals surface area contributed by atoms with Crippen molar-refractivity contribution in [3.05, 3.63) is 29.3 Å². The maximum atomic E-state index is 12.3. The van der Waals surface area contributed by atoms with Gasteiger partial charge >= 0.3 is 6.03 Å². The van der Waals surface area contributed by atoms with Gasteiger partial charge in [0.1, 0.15) is 0 Å². The van der Waals surface area contributed by atoms with Crippen LogP contribution in [0.2, 0.25) is 5.02 Å². The van der Waals surface area contributed by atoms with Gasteiger partial charge in [-0.05, 0) is 43.5 Å². The Morgan fingerprint density at radius 3 is 2.42 bits per heavy atom. The van der Waals surface area contributed by atoms with Crippen molar-refractivity contribution in [2.75, 3.05) is 11.9 Å². The summed E-state index contributed by atoms with van der Waals surface area (Å²) in [7, 11) is 0. The molecule has 0 radical (unpaired) electrons. The summed E-state index contributed by atoms with van der Waals surface area (Å²) in [5.41, 5.74) is 0.778. The Kier molecular flexibility index (Phi) is 5.67. The van der Waals surface area contributed by atoms with Crippen LogP contribution in [-0.4, -0.2) is 30.7 Å². The van der Waals surface area contributed by atoms with Crippen LogP contribution in [0, 0.1) is 5.92 Å². The molecular weight excluding hydrogens is 322 g/mol. The van der Waals surface area contributed by atoms with Crippen molar-refractivity contribution in [1.29, 1.82) is 0 Å². The van der Waals surface area contributed by atoms with Crippen LogP contribution in [0.3, 0.4) is 0 Å². The monoisotopic (exact) mass is 350 g/mol. The summed E-state index contributed by atoms with van der Waals surface area (Å²) in [6.07, 6.45) is 6.16. The van der Waals surface area contributed by atoms with Crippen molar-refractivity contribution in [2.24, 2.45) is 5.92 Å². The minimum atomic E-state index is -0.104. The van der Waals surface area contributed by atoms with E-state index in [2.05, 4.69) is 24.5 Å². The lowest BCUT2D eigenvalue weighted by Crippen LogP contribution is -3.21. The highest BCUT2D eigenvalue weighted by molar-refractivity contribution is 6.30. The molecule has 24 heavy (non-hydrogen) atoms. The smallest absolute Gasteiger partial charge is 0.319 e. The molecule has 1 aromatic rings. The second-order valence-electron chi connectivity index (χ2n) is 7.77. The second kappa shape index (κ2) is 7.75. The fourth-order valence-corrected chi connectivity index (χ4v) is 4.57. The summed E-state index contributed by atoms with van der Waals surface area (Å²) in [5, 5.41) is 6.77. The highest BCUT2D eigenvalue weighted by Crippen LogP contribution is 2.23. The molecule has 0 aromatic heterocycles. The Morgan fingerprint density at radius 1 is 1.21 bits per heavy atom. The second-order valence-corrected chi connectivity index (χ2v) is 8.21. The Hall–Kier alpha value is -1.26. The lowest BCUT2D eigenvalue weighted by Gasteiger charge is -2.46. The van der Waals surface area contributed by atoms with Crippen molar-refractivity contribution in [1.82, 2.24) is 5.32 Å². The third kappa shape index (κ3) is 4.42. The quantitative estimate of drug-likeness (QED) is 0.767. The molecule has 2 bridgehead atoms. The number of hydrogen-bond acceptors (Lipinski definition) is 1. The first kappa shape index (κ1) is 17.6. The Labute approximate surface area is 149 Å². The maximum absolute atomic E-state index is 12.3. The van der Waals surface area contributed by atoms with Crippen LogP contribution >= 0.6 is 11.6 Å². The van der Waals surface area contributed by atoms with E-state index in [1.54, 1.807) is 17.0 Å². The van der Waals surface area contributed by atoms with Crippen LogP contribution in [0.15, 0.2) is 24.3 Å². The van der Waals surface area contributed by atoms with Crippen LogP contribution in [-0.2, 0) is 0 Å². The Morgan fingerprint density at radius 2 is 1.83 bits per heavy atom. The molecule has 2 unspecified atom stereocenters. The lowest BCUT2D eigenvalue weighted by atomic mass is 9.81. The van der Waals surface area contributed by atoms with E-state index in [-0.39, 0.29) is 6.03 Å². The maximum Gasteiger partial charge on any atom is 0.319 e. The number of urea groups is 1. The number of hydrogen-bond donors (Lipinski definition) is 3. The Bertz CT molecular complexity index is 546. The van der Waals surface area contributed by atoms with Gasteiger partial charge in [-0.1, -0.05) is 25.4 Å². The van der Waals surface area contributed by atoms with Gasteiger partial charge in [0.15, 0.2) is 0 Å². The molecule has 0 aliphatic carbocycles. The average Bonchev–Trinajstić information content (AvgIpc) is 2.50. The number of benzene rings is 1. The number of carbonyl (C=O) groups excluding carboxylic acids is 1. The molecule has 4 nitrogen and oxygen atoms in total. The van der Waals surface area contributed by atoms with Crippen molar-refractivity contribution in [3.8, 4) is 0 Å². The van der Waals surface area contributed by atoms with Crippen LogP contribution in [0.5, 0.6) is 0 Å². The van der Waals surface area contributed by atoms with E-state index in [0.29, 0.717) is 23.1 Å². The van der Waals surface area contributed by atoms with Crippen molar-refractivity contribution in [3.63, 3.8) is 0 Å². The van der Waals surface area contributed by atoms with Crippen molar-refractivity contribution < 1.29 is 9.69 Å². The number of carbonyl (C=O) groups is 1. The summed E-state index contributed by atoms with van der Waals surface area (Å²) < 4.78 is 0. The number of anilines is 1. The normalized spacial score (nSPS) is 29.3. The van der Waals surface area contributed by atoms with Gasteiger partial charge in [0.2, 0.25) is 0 Å². The van der Waals surface area contributed by atoms with Gasteiger partial charge in [-0.15, -0.1) is 0 Å². The SMILES string of the molecule is CC(C)C[NH+]1[C@@H]2CCC[C@H]1CC(NC(=O)Nc1ccc(Cl)cc1)C2. The van der Waals surface area contributed by atoms with Gasteiger partial charge in [0.25, 0.3) is 0 Å². The first-order valence-electron chi connectivity index (χ1n) is 9.20. The number of fused-ring (bicyclic) bond motifs is 2. The van der Waals surface area contributed by atoms with E-state index in [9.17, 15) is 4.79 Å². The number of piperidine rings is 2. The summed E-state index contributed by atoms with van der Waals surface area (Å²) in [5.74, 6) is 0.737. The molecule has 3 N–H and O–H groups in total. The molecule has 1 aromatic carbocycles. The van der Waals surface area contributed by atoms with E-state index >= 15 is 0 Å². The van der Waals surface area contributed by atoms with Crippen molar-refractivity contribution >= 4 is 23.3 Å². The number of halogens is 1. The van der Waals surface area contributed by atoms with E-state index in [4.69, 9.17) is 11.6 Å². The molecule has 2 heterocycles. The van der Waals surface area contributed by atoms with Gasteiger partial charge in [-0.3, -0.25) is 0 Å². The molecule has 4 atom stereocenters. The van der Waals surface area contributed by atoms with Gasteiger partial charge in [0.05, 0.1) is 18.6 Å². The third-order valence-corrected chi connectivity index (χ3v) is 5.63. The number of nitrogens with one attached hydrogen (secondary N) is 3. The summed E-state index contributed by atoms with van der Waals surface area (Å²) >= 11 is 5.88. The molecule has 5 heteroatoms. The lowest BCUT2D eigenvalue weighted by molar-refractivity contribution is -0.963. The summed E-state index contributed by atoms with van der Waals surface area (Å²) in [6.45, 7) is 5.89. The van der Waals surface area contributed by atoms with Crippen LogP contribution in [0.25, 0.3) is 0 Å². The summed E-state index contributed by atoms with van der Waals surface area (Å²) in [6, 6.07) is 8.83. The zero-order chi connectivity index (χ0) is 17.1. The molecule has 3 rings (SSSR count). The predicted octanol–water partition coefficient (Wildman–Crippen LogP) is 3.09. The molecule has 132 valence electrons. The minimum absolute atomic E-state index is 0.104. The highest BCUT2D eigenvalue weighted by Gasteiger charge is 2.42. The van der Waals surface area contributed by atoms with Crippen molar-refractivity contribution in [2.45, 2.75) is 64.1 Å². The average molecular weight is 351 g/mol. The first-order chi connectivity index (χ1) is 11.5. The van der Waals surface area contributed by atoms with E-state index < -0.39 is 0 Å². The summed E-state index contributed by atoms with van der Waals surface area (Å²) in [4.78, 5) is 14.1. The fourth-order valence-electron chi connectivity index (χ4n) is 4.44. The molecule has 2 aliphatic rings. The molecule has 2 amide bonds. The van der Waals surface area contributed by atoms with Gasteiger partial charge in [-0.2, -0.15) is 0 Å². The van der Waals surface area contributed by atoms with E-state index in [1.807, 2.05) is 12.1 Å². The molecule has 0 saturated carbocycles. The molecule has 2 aliphatic heterocycles. The van der Waals surface area contributed by atoms with E-state index in [1.165, 1.54) is 25.8 Å². The van der Waals surface area contributed by atoms with Crippen LogP contribution in [0.1, 0.15) is 46.0 Å². The zero-order valence-corrected chi connectivity index (χ0v) is 15.4. The molecule has 0 spiro atoms. The number of quaternary nitrogens is 1.